The van der Waals surface area contributed by atoms with Gasteiger partial charge >= 0.3 is 0 Å². The van der Waals surface area contributed by atoms with Crippen molar-refractivity contribution in [3.63, 3.8) is 0 Å². The normalized spacial score (nSPS) is 20.6. The summed E-state index contributed by atoms with van der Waals surface area (Å²) in [4.78, 5) is 25.6. The van der Waals surface area contributed by atoms with E-state index in [1.807, 2.05) is 4.90 Å². The van der Waals surface area contributed by atoms with E-state index in [0.29, 0.717) is 19.3 Å². The van der Waals surface area contributed by atoms with Crippen LogP contribution in [0.3, 0.4) is 0 Å². The lowest BCUT2D eigenvalue weighted by molar-refractivity contribution is -0.384. The van der Waals surface area contributed by atoms with E-state index in [4.69, 9.17) is 4.74 Å². The molecule has 8 heteroatoms. The fourth-order valence-electron chi connectivity index (χ4n) is 5.82. The number of carbonyl (C=O) groups is 1. The van der Waals surface area contributed by atoms with Crippen LogP contribution in [0.25, 0.3) is 0 Å². The molecule has 2 fully saturated rings. The molecule has 0 radical (unpaired) electrons. The summed E-state index contributed by atoms with van der Waals surface area (Å²) < 4.78 is 33.7. The molecule has 3 atom stereocenters. The zero-order valence-electron chi connectivity index (χ0n) is 21.0. The van der Waals surface area contributed by atoms with Gasteiger partial charge in [0, 0.05) is 30.6 Å². The van der Waals surface area contributed by atoms with Crippen molar-refractivity contribution in [2.75, 3.05) is 0 Å². The van der Waals surface area contributed by atoms with Crippen LogP contribution in [0.5, 0.6) is 0 Å². The molecule has 2 aliphatic rings. The Balaban J connectivity index is 1.20. The van der Waals surface area contributed by atoms with Crippen LogP contribution in [0.2, 0.25) is 0 Å². The number of nitro benzene ring substituents is 1. The van der Waals surface area contributed by atoms with E-state index in [2.05, 4.69) is 0 Å². The molecule has 0 aromatic heterocycles. The van der Waals surface area contributed by atoms with Crippen LogP contribution in [0.15, 0.2) is 72.8 Å². The largest absolute Gasteiger partial charge is 0.365 e. The predicted octanol–water partition coefficient (Wildman–Crippen LogP) is 6.52. The Hall–Kier alpha value is -3.65. The van der Waals surface area contributed by atoms with Crippen LogP contribution in [0.4, 0.5) is 14.5 Å². The highest BCUT2D eigenvalue weighted by Gasteiger charge is 2.44. The van der Waals surface area contributed by atoms with Crippen LogP contribution >= 0.6 is 0 Å². The first-order chi connectivity index (χ1) is 18.4. The van der Waals surface area contributed by atoms with Gasteiger partial charge in [0.1, 0.15) is 17.7 Å². The van der Waals surface area contributed by atoms with Crippen molar-refractivity contribution in [2.45, 2.75) is 69.2 Å². The van der Waals surface area contributed by atoms with Crippen molar-refractivity contribution in [1.82, 2.24) is 4.90 Å². The third kappa shape index (κ3) is 5.91. The number of piperidine rings is 1. The maximum absolute atomic E-state index is 13.6. The van der Waals surface area contributed by atoms with Gasteiger partial charge < -0.3 is 9.64 Å². The molecule has 2 saturated heterocycles. The molecule has 0 saturated carbocycles. The minimum atomic E-state index is -0.454. The molecule has 3 aromatic rings. The van der Waals surface area contributed by atoms with Gasteiger partial charge in [0.25, 0.3) is 5.69 Å². The number of benzene rings is 3. The fraction of sp³-hybridized carbons (Fsp3) is 0.367. The van der Waals surface area contributed by atoms with Gasteiger partial charge in [-0.1, -0.05) is 36.4 Å². The Morgan fingerprint density at radius 1 is 0.895 bits per heavy atom. The maximum atomic E-state index is 13.6. The first-order valence-electron chi connectivity index (χ1n) is 13.1. The Labute approximate surface area is 220 Å². The van der Waals surface area contributed by atoms with Crippen LogP contribution < -0.4 is 0 Å². The Kier molecular flexibility index (Phi) is 7.79. The van der Waals surface area contributed by atoms with Crippen LogP contribution in [0.1, 0.15) is 61.3 Å². The van der Waals surface area contributed by atoms with Crippen molar-refractivity contribution in [3.05, 3.63) is 111 Å². The zero-order valence-corrected chi connectivity index (χ0v) is 21.0. The number of rotatable bonds is 9. The average molecular weight is 521 g/mol. The van der Waals surface area contributed by atoms with Crippen molar-refractivity contribution < 1.29 is 23.2 Å². The lowest BCUT2D eigenvalue weighted by atomic mass is 9.96. The van der Waals surface area contributed by atoms with E-state index in [-0.39, 0.29) is 41.4 Å². The van der Waals surface area contributed by atoms with Gasteiger partial charge in [0.15, 0.2) is 0 Å². The summed E-state index contributed by atoms with van der Waals surface area (Å²) in [6, 6.07) is 19.1. The molecule has 2 bridgehead atoms. The number of amides is 1. The summed E-state index contributed by atoms with van der Waals surface area (Å²) in [6.07, 6.45) is 4.61. The topological polar surface area (TPSA) is 72.7 Å². The standard InChI is InChI=1S/C30H30F2N2O4/c31-23-10-6-21(7-11-23)30(22-8-12-24(32)13-9-22)38-28-18-26-16-17-27(19-28)33(26)29(35)3-1-2-20-4-14-25(15-5-20)34(36)37/h4-15,26-28,30H,1-3,16-19H2/t26-,27+,28?. The highest BCUT2D eigenvalue weighted by atomic mass is 19.1. The van der Waals surface area contributed by atoms with Crippen LogP contribution in [-0.4, -0.2) is 33.9 Å². The Morgan fingerprint density at radius 2 is 1.42 bits per heavy atom. The molecule has 2 heterocycles. The lowest BCUT2D eigenvalue weighted by Gasteiger charge is -2.40. The van der Waals surface area contributed by atoms with Gasteiger partial charge in [-0.05, 0) is 79.5 Å². The van der Waals surface area contributed by atoms with E-state index < -0.39 is 11.0 Å². The molecule has 1 unspecified atom stereocenters. The quantitative estimate of drug-likeness (QED) is 0.238. The molecule has 0 aliphatic carbocycles. The number of nitro groups is 1. The van der Waals surface area contributed by atoms with Gasteiger partial charge in [-0.2, -0.15) is 0 Å². The van der Waals surface area contributed by atoms with Crippen LogP contribution in [0, 0.1) is 21.7 Å². The highest BCUT2D eigenvalue weighted by molar-refractivity contribution is 5.77. The van der Waals surface area contributed by atoms with Gasteiger partial charge in [-0.3, -0.25) is 14.9 Å². The number of aryl methyl sites for hydroxylation is 1. The fourth-order valence-corrected chi connectivity index (χ4v) is 5.82. The third-order valence-electron chi connectivity index (χ3n) is 7.66. The van der Waals surface area contributed by atoms with Crippen molar-refractivity contribution in [3.8, 4) is 0 Å². The van der Waals surface area contributed by atoms with Crippen molar-refractivity contribution in [1.29, 1.82) is 0 Å². The number of carbonyl (C=O) groups excluding carboxylic acids is 1. The summed E-state index contributed by atoms with van der Waals surface area (Å²) >= 11 is 0. The average Bonchev–Trinajstić information content (AvgIpc) is 3.19. The molecule has 1 amide bonds. The van der Waals surface area contributed by atoms with E-state index in [1.54, 1.807) is 36.4 Å². The summed E-state index contributed by atoms with van der Waals surface area (Å²) in [5, 5.41) is 10.8. The Morgan fingerprint density at radius 3 is 1.92 bits per heavy atom. The molecule has 6 nitrogen and oxygen atoms in total. The van der Waals surface area contributed by atoms with Gasteiger partial charge in [0.05, 0.1) is 11.0 Å². The minimum absolute atomic E-state index is 0.0626. The SMILES string of the molecule is O=C(CCCc1ccc([N+](=O)[O-])cc1)N1[C@@H]2CC[C@H]1CC(OC(c1ccc(F)cc1)c1ccc(F)cc1)C2. The molecule has 3 aromatic carbocycles. The highest BCUT2D eigenvalue weighted by Crippen LogP contribution is 2.40. The second-order valence-corrected chi connectivity index (χ2v) is 10.2. The molecule has 0 spiro atoms. The number of hydrogen-bond donors (Lipinski definition) is 0. The van der Waals surface area contributed by atoms with Gasteiger partial charge in [0.2, 0.25) is 5.91 Å². The molecule has 0 N–H and O–H groups in total. The van der Waals surface area contributed by atoms with Gasteiger partial charge in [-0.25, -0.2) is 8.78 Å². The predicted molar refractivity (Wildman–Crippen MR) is 138 cm³/mol. The minimum Gasteiger partial charge on any atom is -0.365 e. The summed E-state index contributed by atoms with van der Waals surface area (Å²) in [6.45, 7) is 0. The number of non-ortho nitro benzene ring substituents is 1. The number of fused-ring (bicyclic) bond motifs is 2. The smallest absolute Gasteiger partial charge is 0.269 e. The van der Waals surface area contributed by atoms with Crippen LogP contribution in [-0.2, 0) is 16.0 Å². The monoisotopic (exact) mass is 520 g/mol. The maximum Gasteiger partial charge on any atom is 0.269 e. The molecular formula is C30H30F2N2O4. The number of ether oxygens (including phenoxy) is 1. The molecule has 2 aliphatic heterocycles. The lowest BCUT2D eigenvalue weighted by Crippen LogP contribution is -2.48. The molecule has 5 rings (SSSR count). The van der Waals surface area contributed by atoms with E-state index in [0.717, 1.165) is 42.4 Å². The van der Waals surface area contributed by atoms with E-state index in [1.165, 1.54) is 36.4 Å². The number of nitrogens with zero attached hydrogens (tertiary/aromatic N) is 2. The second kappa shape index (κ2) is 11.4. The number of hydrogen-bond acceptors (Lipinski definition) is 4. The summed E-state index contributed by atoms with van der Waals surface area (Å²) in [5.41, 5.74) is 2.64. The van der Waals surface area contributed by atoms with E-state index >= 15 is 0 Å². The summed E-state index contributed by atoms with van der Waals surface area (Å²) in [7, 11) is 0. The molecular weight excluding hydrogens is 490 g/mol. The first kappa shape index (κ1) is 26.0. The molecule has 38 heavy (non-hydrogen) atoms. The molecule has 198 valence electrons. The Bertz CT molecular complexity index is 1210. The van der Waals surface area contributed by atoms with Crippen molar-refractivity contribution >= 4 is 11.6 Å². The van der Waals surface area contributed by atoms with E-state index in [9.17, 15) is 23.7 Å². The zero-order chi connectivity index (χ0) is 26.6. The second-order valence-electron chi connectivity index (χ2n) is 10.2. The third-order valence-corrected chi connectivity index (χ3v) is 7.66. The first-order valence-corrected chi connectivity index (χ1v) is 13.1. The van der Waals surface area contributed by atoms with Gasteiger partial charge in [-0.15, -0.1) is 0 Å². The summed E-state index contributed by atoms with van der Waals surface area (Å²) in [5.74, 6) is -0.512. The van der Waals surface area contributed by atoms with Crippen molar-refractivity contribution in [2.24, 2.45) is 0 Å². The number of halogens is 2.